The van der Waals surface area contributed by atoms with Crippen LogP contribution < -0.4 is 4.74 Å². The fourth-order valence-corrected chi connectivity index (χ4v) is 3.68. The highest BCUT2D eigenvalue weighted by Gasteiger charge is 2.43. The summed E-state index contributed by atoms with van der Waals surface area (Å²) in [4.78, 5) is 11.8. The van der Waals surface area contributed by atoms with Gasteiger partial charge in [0.15, 0.2) is 5.78 Å². The van der Waals surface area contributed by atoms with Gasteiger partial charge in [0, 0.05) is 11.8 Å². The molecule has 2 nitrogen and oxygen atoms in total. The predicted octanol–water partition coefficient (Wildman–Crippen LogP) is 3.43. The number of hydrogen-bond donors (Lipinski definition) is 0. The highest BCUT2D eigenvalue weighted by Crippen LogP contribution is 2.49. The first-order chi connectivity index (χ1) is 9.05. The number of rotatable bonds is 1. The molecule has 100 valence electrons. The zero-order valence-corrected chi connectivity index (χ0v) is 11.8. The van der Waals surface area contributed by atoms with Gasteiger partial charge in [-0.05, 0) is 48.1 Å². The lowest BCUT2D eigenvalue weighted by molar-refractivity contribution is -0.116. The van der Waals surface area contributed by atoms with Crippen LogP contribution in [-0.4, -0.2) is 12.9 Å². The van der Waals surface area contributed by atoms with Crippen molar-refractivity contribution < 1.29 is 9.53 Å². The van der Waals surface area contributed by atoms with Gasteiger partial charge in [0.2, 0.25) is 0 Å². The molecule has 0 saturated heterocycles. The molecule has 0 aliphatic heterocycles. The average Bonchev–Trinajstić information content (AvgIpc) is 2.40. The summed E-state index contributed by atoms with van der Waals surface area (Å²) in [7, 11) is 1.71. The van der Waals surface area contributed by atoms with E-state index < -0.39 is 0 Å². The molecule has 2 aliphatic rings. The van der Waals surface area contributed by atoms with Crippen LogP contribution in [0.4, 0.5) is 0 Å². The zero-order valence-electron chi connectivity index (χ0n) is 11.8. The normalized spacial score (nSPS) is 29.3. The lowest BCUT2D eigenvalue weighted by atomic mass is 9.58. The molecule has 2 atom stereocenters. The van der Waals surface area contributed by atoms with E-state index in [-0.39, 0.29) is 11.2 Å². The summed E-state index contributed by atoms with van der Waals surface area (Å²) >= 11 is 0. The summed E-state index contributed by atoms with van der Waals surface area (Å²) in [6.07, 6.45) is 4.55. The number of methoxy groups -OCH3 is 1. The number of fused-ring (bicyclic) bond motifs is 3. The maximum absolute atomic E-state index is 11.8. The predicted molar refractivity (Wildman–Crippen MR) is 75.5 cm³/mol. The monoisotopic (exact) mass is 256 g/mol. The standard InChI is InChI=1S/C17H20O2/c1-11-8-14(18)10-13-5-4-12-9-15(19-3)6-7-16(12)17(11,13)2/h6-7,9-11H,4-5,8H2,1-3H3/t11-,17-/m1/s1. The number of ether oxygens (including phenoxy) is 1. The Kier molecular flexibility index (Phi) is 2.77. The van der Waals surface area contributed by atoms with E-state index in [1.807, 2.05) is 12.1 Å². The van der Waals surface area contributed by atoms with Crippen LogP contribution in [0, 0.1) is 5.92 Å². The molecule has 0 radical (unpaired) electrons. The first-order valence-corrected chi connectivity index (χ1v) is 6.97. The second kappa shape index (κ2) is 4.22. The second-order valence-corrected chi connectivity index (χ2v) is 5.97. The summed E-state index contributed by atoms with van der Waals surface area (Å²) in [5, 5.41) is 0. The first-order valence-electron chi connectivity index (χ1n) is 6.97. The van der Waals surface area contributed by atoms with Gasteiger partial charge in [-0.25, -0.2) is 0 Å². The molecule has 0 amide bonds. The van der Waals surface area contributed by atoms with E-state index in [1.54, 1.807) is 7.11 Å². The highest BCUT2D eigenvalue weighted by atomic mass is 16.5. The number of benzene rings is 1. The average molecular weight is 256 g/mol. The molecule has 0 aromatic heterocycles. The van der Waals surface area contributed by atoms with Gasteiger partial charge in [-0.15, -0.1) is 0 Å². The van der Waals surface area contributed by atoms with E-state index in [0.29, 0.717) is 12.3 Å². The summed E-state index contributed by atoms with van der Waals surface area (Å²) < 4.78 is 5.32. The minimum atomic E-state index is 0.0216. The number of hydrogen-bond acceptors (Lipinski definition) is 2. The van der Waals surface area contributed by atoms with E-state index in [1.165, 1.54) is 16.7 Å². The van der Waals surface area contributed by atoms with E-state index in [9.17, 15) is 4.79 Å². The summed E-state index contributed by atoms with van der Waals surface area (Å²) in [5.41, 5.74) is 4.09. The fraction of sp³-hybridized carbons (Fsp3) is 0.471. The van der Waals surface area contributed by atoms with Crippen molar-refractivity contribution in [3.05, 3.63) is 41.0 Å². The maximum atomic E-state index is 11.8. The third kappa shape index (κ3) is 1.73. The van der Waals surface area contributed by atoms with Crippen LogP contribution in [0.1, 0.15) is 37.8 Å². The second-order valence-electron chi connectivity index (χ2n) is 5.97. The van der Waals surface area contributed by atoms with Crippen molar-refractivity contribution in [2.75, 3.05) is 7.11 Å². The molecular weight excluding hydrogens is 236 g/mol. The van der Waals surface area contributed by atoms with Gasteiger partial charge in [0.1, 0.15) is 5.75 Å². The molecule has 3 rings (SSSR count). The third-order valence-electron chi connectivity index (χ3n) is 5.03. The van der Waals surface area contributed by atoms with Gasteiger partial charge in [0.05, 0.1) is 7.11 Å². The van der Waals surface area contributed by atoms with Crippen molar-refractivity contribution in [3.8, 4) is 5.75 Å². The Balaban J connectivity index is 2.17. The van der Waals surface area contributed by atoms with Crippen molar-refractivity contribution in [1.29, 1.82) is 0 Å². The van der Waals surface area contributed by atoms with Crippen LogP contribution in [0.3, 0.4) is 0 Å². The molecule has 0 saturated carbocycles. The van der Waals surface area contributed by atoms with Gasteiger partial charge in [-0.1, -0.05) is 25.5 Å². The summed E-state index contributed by atoms with van der Waals surface area (Å²) in [6.45, 7) is 4.49. The molecular formula is C17H20O2. The molecule has 1 aromatic carbocycles. The molecule has 19 heavy (non-hydrogen) atoms. The molecule has 1 aromatic rings. The molecule has 0 heterocycles. The Labute approximate surface area is 114 Å². The smallest absolute Gasteiger partial charge is 0.155 e. The molecule has 0 unspecified atom stereocenters. The summed E-state index contributed by atoms with van der Waals surface area (Å²) in [5.74, 6) is 1.58. The van der Waals surface area contributed by atoms with Gasteiger partial charge >= 0.3 is 0 Å². The van der Waals surface area contributed by atoms with Crippen LogP contribution in [-0.2, 0) is 16.6 Å². The zero-order chi connectivity index (χ0) is 13.6. The van der Waals surface area contributed by atoms with Gasteiger partial charge in [-0.2, -0.15) is 0 Å². The number of ketones is 1. The van der Waals surface area contributed by atoms with Crippen LogP contribution in [0.2, 0.25) is 0 Å². The first kappa shape index (κ1) is 12.5. The Morgan fingerprint density at radius 1 is 1.32 bits per heavy atom. The topological polar surface area (TPSA) is 26.3 Å². The SMILES string of the molecule is COc1ccc2c(c1)CCC1=CC(=O)C[C@@H](C)[C@]12C. The Morgan fingerprint density at radius 3 is 2.84 bits per heavy atom. The third-order valence-corrected chi connectivity index (χ3v) is 5.03. The molecule has 0 bridgehead atoms. The van der Waals surface area contributed by atoms with Crippen molar-refractivity contribution in [3.63, 3.8) is 0 Å². The van der Waals surface area contributed by atoms with Crippen LogP contribution in [0.15, 0.2) is 29.8 Å². The van der Waals surface area contributed by atoms with Crippen LogP contribution in [0.25, 0.3) is 0 Å². The van der Waals surface area contributed by atoms with Crippen LogP contribution >= 0.6 is 0 Å². The van der Waals surface area contributed by atoms with Gasteiger partial charge in [0.25, 0.3) is 0 Å². The molecule has 0 N–H and O–H groups in total. The fourth-order valence-electron chi connectivity index (χ4n) is 3.68. The minimum Gasteiger partial charge on any atom is -0.497 e. The van der Waals surface area contributed by atoms with E-state index >= 15 is 0 Å². The summed E-state index contributed by atoms with van der Waals surface area (Å²) in [6, 6.07) is 6.38. The van der Waals surface area contributed by atoms with Crippen molar-refractivity contribution in [2.24, 2.45) is 5.92 Å². The van der Waals surface area contributed by atoms with Crippen LogP contribution in [0.5, 0.6) is 5.75 Å². The Morgan fingerprint density at radius 2 is 2.11 bits per heavy atom. The van der Waals surface area contributed by atoms with Crippen molar-refractivity contribution >= 4 is 5.78 Å². The Bertz CT molecular complexity index is 571. The molecule has 0 spiro atoms. The Hall–Kier alpha value is -1.57. The van der Waals surface area contributed by atoms with E-state index in [0.717, 1.165) is 18.6 Å². The molecule has 2 aliphatic carbocycles. The lowest BCUT2D eigenvalue weighted by Crippen LogP contribution is -2.40. The van der Waals surface area contributed by atoms with E-state index in [2.05, 4.69) is 26.0 Å². The molecule has 2 heteroatoms. The quantitative estimate of drug-likeness (QED) is 0.769. The van der Waals surface area contributed by atoms with Gasteiger partial charge in [-0.3, -0.25) is 4.79 Å². The lowest BCUT2D eigenvalue weighted by Gasteiger charge is -2.45. The van der Waals surface area contributed by atoms with Crippen molar-refractivity contribution in [1.82, 2.24) is 0 Å². The number of carbonyl (C=O) groups excluding carboxylic acids is 1. The highest BCUT2D eigenvalue weighted by molar-refractivity contribution is 5.92. The number of carbonyl (C=O) groups is 1. The largest absolute Gasteiger partial charge is 0.497 e. The maximum Gasteiger partial charge on any atom is 0.155 e. The number of aryl methyl sites for hydroxylation is 1. The molecule has 0 fully saturated rings. The van der Waals surface area contributed by atoms with Crippen molar-refractivity contribution in [2.45, 2.75) is 38.5 Å². The number of allylic oxidation sites excluding steroid dienone is 2. The van der Waals surface area contributed by atoms with Gasteiger partial charge < -0.3 is 4.74 Å². The minimum absolute atomic E-state index is 0.0216. The van der Waals surface area contributed by atoms with E-state index in [4.69, 9.17) is 4.74 Å².